The average molecular weight is 248 g/mol. The number of hydrogen-bond donors (Lipinski definition) is 1. The molecule has 0 saturated heterocycles. The van der Waals surface area contributed by atoms with Crippen LogP contribution in [0.5, 0.6) is 5.88 Å². The van der Waals surface area contributed by atoms with Crippen molar-refractivity contribution in [2.24, 2.45) is 0 Å². The molecule has 0 atom stereocenters. The van der Waals surface area contributed by atoms with Crippen LogP contribution >= 0.6 is 0 Å². The number of hydrogen-bond acceptors (Lipinski definition) is 5. The third-order valence-electron chi connectivity index (χ3n) is 1.87. The molecular formula is C8H6F2N2O5. The number of aromatic carboxylic acids is 1. The van der Waals surface area contributed by atoms with Crippen molar-refractivity contribution in [3.05, 3.63) is 27.4 Å². The van der Waals surface area contributed by atoms with Gasteiger partial charge in [0.15, 0.2) is 5.56 Å². The van der Waals surface area contributed by atoms with Crippen LogP contribution < -0.4 is 4.74 Å². The fourth-order valence-electron chi connectivity index (χ4n) is 1.20. The van der Waals surface area contributed by atoms with Gasteiger partial charge in [-0.2, -0.15) is 0 Å². The van der Waals surface area contributed by atoms with Gasteiger partial charge in [0.05, 0.1) is 12.0 Å². The van der Waals surface area contributed by atoms with Crippen LogP contribution in [0.1, 0.15) is 22.3 Å². The highest BCUT2D eigenvalue weighted by atomic mass is 19.3. The molecule has 0 radical (unpaired) electrons. The van der Waals surface area contributed by atoms with Crippen LogP contribution in [0, 0.1) is 10.1 Å². The first-order valence-electron chi connectivity index (χ1n) is 4.12. The van der Waals surface area contributed by atoms with E-state index in [0.717, 1.165) is 7.11 Å². The summed E-state index contributed by atoms with van der Waals surface area (Å²) in [6.45, 7) is 0. The first-order chi connectivity index (χ1) is 7.90. The summed E-state index contributed by atoms with van der Waals surface area (Å²) in [4.78, 5) is 23.6. The summed E-state index contributed by atoms with van der Waals surface area (Å²) in [6, 6.07) is 0. The SMILES string of the molecule is COc1ncc(C(F)F)c([N+](=O)[O-])c1C(=O)O. The van der Waals surface area contributed by atoms with E-state index in [1.807, 2.05) is 0 Å². The van der Waals surface area contributed by atoms with E-state index in [1.165, 1.54) is 0 Å². The number of ether oxygens (including phenoxy) is 1. The number of halogens is 2. The zero-order chi connectivity index (χ0) is 13.2. The highest BCUT2D eigenvalue weighted by molar-refractivity contribution is 5.95. The smallest absolute Gasteiger partial charge is 0.348 e. The molecule has 0 unspecified atom stereocenters. The lowest BCUT2D eigenvalue weighted by Crippen LogP contribution is -2.10. The molecule has 1 aromatic rings. The number of carboxylic acids is 1. The summed E-state index contributed by atoms with van der Waals surface area (Å²) in [6.07, 6.45) is -2.68. The number of carbonyl (C=O) groups is 1. The minimum atomic E-state index is -3.20. The lowest BCUT2D eigenvalue weighted by molar-refractivity contribution is -0.386. The van der Waals surface area contributed by atoms with Crippen LogP contribution in [0.2, 0.25) is 0 Å². The van der Waals surface area contributed by atoms with Gasteiger partial charge in [-0.05, 0) is 0 Å². The molecule has 1 aromatic heterocycles. The first-order valence-corrected chi connectivity index (χ1v) is 4.12. The zero-order valence-electron chi connectivity index (χ0n) is 8.39. The highest BCUT2D eigenvalue weighted by Gasteiger charge is 2.33. The Kier molecular flexibility index (Phi) is 3.51. The Morgan fingerprint density at radius 1 is 1.65 bits per heavy atom. The van der Waals surface area contributed by atoms with E-state index in [0.29, 0.717) is 6.20 Å². The maximum Gasteiger partial charge on any atom is 0.348 e. The summed E-state index contributed by atoms with van der Waals surface area (Å²) in [5.74, 6) is -2.35. The molecule has 7 nitrogen and oxygen atoms in total. The topological polar surface area (TPSA) is 103 Å². The van der Waals surface area contributed by atoms with Gasteiger partial charge >= 0.3 is 5.97 Å². The lowest BCUT2D eigenvalue weighted by atomic mass is 10.1. The summed E-state index contributed by atoms with van der Waals surface area (Å²) < 4.78 is 29.5. The molecular weight excluding hydrogens is 242 g/mol. The Morgan fingerprint density at radius 2 is 2.24 bits per heavy atom. The number of nitro groups is 1. The highest BCUT2D eigenvalue weighted by Crippen LogP contribution is 2.35. The van der Waals surface area contributed by atoms with Crippen molar-refractivity contribution in [3.8, 4) is 5.88 Å². The molecule has 1 heterocycles. The van der Waals surface area contributed by atoms with Gasteiger partial charge in [0.2, 0.25) is 5.88 Å². The van der Waals surface area contributed by atoms with Crippen molar-refractivity contribution in [2.75, 3.05) is 7.11 Å². The van der Waals surface area contributed by atoms with Crippen molar-refractivity contribution in [1.82, 2.24) is 4.98 Å². The second kappa shape index (κ2) is 4.68. The number of nitrogens with zero attached hydrogens (tertiary/aromatic N) is 2. The Morgan fingerprint density at radius 3 is 2.59 bits per heavy atom. The van der Waals surface area contributed by atoms with Gasteiger partial charge in [-0.3, -0.25) is 10.1 Å². The fourth-order valence-corrected chi connectivity index (χ4v) is 1.20. The van der Waals surface area contributed by atoms with Gasteiger partial charge in [-0.15, -0.1) is 0 Å². The second-order valence-electron chi connectivity index (χ2n) is 2.81. The maximum absolute atomic E-state index is 12.5. The van der Waals surface area contributed by atoms with E-state index in [2.05, 4.69) is 9.72 Å². The quantitative estimate of drug-likeness (QED) is 0.641. The molecule has 0 fully saturated rings. The van der Waals surface area contributed by atoms with Gasteiger partial charge in [0.1, 0.15) is 5.56 Å². The summed E-state index contributed by atoms with van der Waals surface area (Å²) in [5.41, 5.74) is -3.26. The largest absolute Gasteiger partial charge is 0.480 e. The maximum atomic E-state index is 12.5. The number of carboxylic acid groups (broad SMARTS) is 1. The minimum absolute atomic E-state index is 0.522. The lowest BCUT2D eigenvalue weighted by Gasteiger charge is -2.07. The molecule has 0 saturated carbocycles. The summed E-state index contributed by atoms with van der Waals surface area (Å²) in [7, 11) is 1.03. The standard InChI is InChI=1S/C8H6F2N2O5/c1-17-7-4(8(13)14)5(12(15)16)3(2-11-7)6(9)10/h2,6H,1H3,(H,13,14). The van der Waals surface area contributed by atoms with Gasteiger partial charge in [0.25, 0.3) is 12.1 Å². The molecule has 0 aliphatic carbocycles. The fraction of sp³-hybridized carbons (Fsp3) is 0.250. The van der Waals surface area contributed by atoms with Crippen molar-refractivity contribution in [2.45, 2.75) is 6.43 Å². The van der Waals surface area contributed by atoms with E-state index in [1.54, 1.807) is 0 Å². The number of pyridine rings is 1. The van der Waals surface area contributed by atoms with Gasteiger partial charge in [-0.25, -0.2) is 18.6 Å². The normalized spacial score (nSPS) is 10.4. The minimum Gasteiger partial charge on any atom is -0.480 e. The second-order valence-corrected chi connectivity index (χ2v) is 2.81. The van der Waals surface area contributed by atoms with Crippen molar-refractivity contribution in [1.29, 1.82) is 0 Å². The average Bonchev–Trinajstić information content (AvgIpc) is 2.26. The van der Waals surface area contributed by atoms with Crippen LogP contribution in [-0.2, 0) is 0 Å². The molecule has 0 aliphatic heterocycles. The predicted octanol–water partition coefficient (Wildman–Crippen LogP) is 1.63. The molecule has 0 aromatic carbocycles. The first kappa shape index (κ1) is 12.7. The van der Waals surface area contributed by atoms with Crippen molar-refractivity contribution in [3.63, 3.8) is 0 Å². The Hall–Kier alpha value is -2.32. The van der Waals surface area contributed by atoms with Gasteiger partial charge < -0.3 is 9.84 Å². The monoisotopic (exact) mass is 248 g/mol. The zero-order valence-corrected chi connectivity index (χ0v) is 8.39. The molecule has 0 amide bonds. The molecule has 92 valence electrons. The molecule has 17 heavy (non-hydrogen) atoms. The molecule has 0 bridgehead atoms. The van der Waals surface area contributed by atoms with Crippen LogP contribution in [0.3, 0.4) is 0 Å². The van der Waals surface area contributed by atoms with E-state index < -0.39 is 40.0 Å². The summed E-state index contributed by atoms with van der Waals surface area (Å²) in [5, 5.41) is 19.4. The van der Waals surface area contributed by atoms with Crippen molar-refractivity contribution < 1.29 is 28.3 Å². The van der Waals surface area contributed by atoms with E-state index in [4.69, 9.17) is 5.11 Å². The number of aromatic nitrogens is 1. The predicted molar refractivity (Wildman–Crippen MR) is 49.4 cm³/mol. The third-order valence-corrected chi connectivity index (χ3v) is 1.87. The summed E-state index contributed by atoms with van der Waals surface area (Å²) >= 11 is 0. The third kappa shape index (κ3) is 2.27. The van der Waals surface area contributed by atoms with Crippen LogP contribution in [-0.4, -0.2) is 28.1 Å². The Balaban J connectivity index is 3.65. The number of methoxy groups -OCH3 is 1. The number of alkyl halides is 2. The molecule has 0 aliphatic rings. The van der Waals surface area contributed by atoms with E-state index in [-0.39, 0.29) is 0 Å². The van der Waals surface area contributed by atoms with E-state index in [9.17, 15) is 23.7 Å². The van der Waals surface area contributed by atoms with Gasteiger partial charge in [0, 0.05) is 6.20 Å². The van der Waals surface area contributed by atoms with Crippen LogP contribution in [0.15, 0.2) is 6.20 Å². The molecule has 1 rings (SSSR count). The van der Waals surface area contributed by atoms with Crippen LogP contribution in [0.25, 0.3) is 0 Å². The molecule has 0 spiro atoms. The van der Waals surface area contributed by atoms with Crippen molar-refractivity contribution >= 4 is 11.7 Å². The molecule has 9 heteroatoms. The Labute approximate surface area is 92.8 Å². The Bertz CT molecular complexity index is 477. The number of rotatable bonds is 4. The van der Waals surface area contributed by atoms with Gasteiger partial charge in [-0.1, -0.05) is 0 Å². The van der Waals surface area contributed by atoms with Crippen LogP contribution in [0.4, 0.5) is 14.5 Å². The van der Waals surface area contributed by atoms with E-state index >= 15 is 0 Å². The molecule has 1 N–H and O–H groups in total.